The molecule has 3 unspecified atom stereocenters. The molecule has 3 heteroatoms. The molecule has 2 nitrogen and oxygen atoms in total. The highest BCUT2D eigenvalue weighted by atomic mass is 32.2. The lowest BCUT2D eigenvalue weighted by atomic mass is 9.84. The van der Waals surface area contributed by atoms with Crippen molar-refractivity contribution in [2.45, 2.75) is 51.1 Å². The van der Waals surface area contributed by atoms with Crippen LogP contribution in [-0.2, 0) is 10.8 Å². The number of nitrogens with one attached hydrogen (secondary N) is 1. The first-order valence-corrected chi connectivity index (χ1v) is 7.35. The van der Waals surface area contributed by atoms with Gasteiger partial charge in [-0.1, -0.05) is 19.3 Å². The molecule has 0 aromatic heterocycles. The highest BCUT2D eigenvalue weighted by Crippen LogP contribution is 2.28. The van der Waals surface area contributed by atoms with E-state index >= 15 is 0 Å². The molecule has 14 heavy (non-hydrogen) atoms. The smallest absolute Gasteiger partial charge is 0.0392 e. The molecule has 1 N–H and O–H groups in total. The zero-order valence-electron chi connectivity index (χ0n) is 9.00. The average molecular weight is 215 g/mol. The topological polar surface area (TPSA) is 29.1 Å². The summed E-state index contributed by atoms with van der Waals surface area (Å²) in [7, 11) is -0.565. The van der Waals surface area contributed by atoms with E-state index in [-0.39, 0.29) is 0 Å². The largest absolute Gasteiger partial charge is 0.309 e. The van der Waals surface area contributed by atoms with Crippen LogP contribution in [0.1, 0.15) is 39.0 Å². The molecule has 0 radical (unpaired) electrons. The van der Waals surface area contributed by atoms with Gasteiger partial charge in [-0.05, 0) is 25.7 Å². The van der Waals surface area contributed by atoms with Crippen molar-refractivity contribution in [2.24, 2.45) is 5.92 Å². The van der Waals surface area contributed by atoms with E-state index in [9.17, 15) is 4.21 Å². The molecule has 1 aliphatic heterocycles. The van der Waals surface area contributed by atoms with E-state index in [1.165, 1.54) is 32.1 Å². The second kappa shape index (κ2) is 4.75. The summed E-state index contributed by atoms with van der Waals surface area (Å²) in [4.78, 5) is 0. The van der Waals surface area contributed by atoms with E-state index < -0.39 is 10.8 Å². The van der Waals surface area contributed by atoms with Crippen LogP contribution in [0.2, 0.25) is 0 Å². The standard InChI is InChI=1S/C11H21NOS/c1-9-7-14(13)8-11(12-9)10-5-3-2-4-6-10/h9-12H,2-8H2,1H3. The van der Waals surface area contributed by atoms with E-state index in [0.717, 1.165) is 17.4 Å². The summed E-state index contributed by atoms with van der Waals surface area (Å²) in [5.74, 6) is 2.55. The van der Waals surface area contributed by atoms with Crippen LogP contribution >= 0.6 is 0 Å². The molecule has 2 rings (SSSR count). The molecule has 0 spiro atoms. The van der Waals surface area contributed by atoms with Crippen molar-refractivity contribution in [3.63, 3.8) is 0 Å². The van der Waals surface area contributed by atoms with Crippen LogP contribution in [0, 0.1) is 5.92 Å². The summed E-state index contributed by atoms with van der Waals surface area (Å²) < 4.78 is 11.6. The molecule has 1 saturated carbocycles. The first-order chi connectivity index (χ1) is 6.75. The van der Waals surface area contributed by atoms with E-state index in [1.54, 1.807) is 0 Å². The van der Waals surface area contributed by atoms with Gasteiger partial charge in [-0.3, -0.25) is 4.21 Å². The molecule has 1 aliphatic carbocycles. The highest BCUT2D eigenvalue weighted by molar-refractivity contribution is 7.85. The Morgan fingerprint density at radius 1 is 1.14 bits per heavy atom. The Balaban J connectivity index is 1.91. The SMILES string of the molecule is CC1CS(=O)CC(C2CCCCC2)N1. The third-order valence-electron chi connectivity index (χ3n) is 3.52. The maximum absolute atomic E-state index is 11.6. The van der Waals surface area contributed by atoms with Gasteiger partial charge < -0.3 is 5.32 Å². The third kappa shape index (κ3) is 2.57. The molecule has 2 aliphatic rings. The maximum Gasteiger partial charge on any atom is 0.0392 e. The lowest BCUT2D eigenvalue weighted by Crippen LogP contribution is -2.52. The quantitative estimate of drug-likeness (QED) is 0.721. The highest BCUT2D eigenvalue weighted by Gasteiger charge is 2.29. The van der Waals surface area contributed by atoms with Crippen molar-refractivity contribution in [2.75, 3.05) is 11.5 Å². The van der Waals surface area contributed by atoms with Gasteiger partial charge in [0.25, 0.3) is 0 Å². The number of rotatable bonds is 1. The fourth-order valence-corrected chi connectivity index (χ4v) is 4.38. The Hall–Kier alpha value is 0.110. The Labute approximate surface area is 89.3 Å². The summed E-state index contributed by atoms with van der Waals surface area (Å²) in [6.45, 7) is 2.16. The van der Waals surface area contributed by atoms with Crippen LogP contribution in [-0.4, -0.2) is 27.8 Å². The van der Waals surface area contributed by atoms with Gasteiger partial charge in [0, 0.05) is 34.4 Å². The Morgan fingerprint density at radius 3 is 2.50 bits per heavy atom. The van der Waals surface area contributed by atoms with Gasteiger partial charge in [0.05, 0.1) is 0 Å². The maximum atomic E-state index is 11.6. The minimum absolute atomic E-state index is 0.455. The normalized spacial score (nSPS) is 41.1. The van der Waals surface area contributed by atoms with E-state index in [2.05, 4.69) is 12.2 Å². The molecular formula is C11H21NOS. The van der Waals surface area contributed by atoms with Crippen molar-refractivity contribution >= 4 is 10.8 Å². The predicted octanol–water partition coefficient (Wildman–Crippen LogP) is 1.68. The van der Waals surface area contributed by atoms with Crippen LogP contribution in [0.4, 0.5) is 0 Å². The molecule has 0 bridgehead atoms. The third-order valence-corrected chi connectivity index (χ3v) is 5.12. The van der Waals surface area contributed by atoms with Gasteiger partial charge in [-0.15, -0.1) is 0 Å². The summed E-state index contributed by atoms with van der Waals surface area (Å²) in [5.41, 5.74) is 0. The van der Waals surface area contributed by atoms with Crippen molar-refractivity contribution in [3.05, 3.63) is 0 Å². The summed E-state index contributed by atoms with van der Waals surface area (Å²) in [6, 6.07) is 0.997. The average Bonchev–Trinajstić information content (AvgIpc) is 2.18. The lowest BCUT2D eigenvalue weighted by molar-refractivity contribution is 0.269. The Morgan fingerprint density at radius 2 is 1.86 bits per heavy atom. The molecule has 1 saturated heterocycles. The van der Waals surface area contributed by atoms with Crippen molar-refractivity contribution in [1.29, 1.82) is 0 Å². The fraction of sp³-hybridized carbons (Fsp3) is 1.00. The van der Waals surface area contributed by atoms with Crippen LogP contribution in [0.3, 0.4) is 0 Å². The molecule has 82 valence electrons. The number of hydrogen-bond donors (Lipinski definition) is 1. The lowest BCUT2D eigenvalue weighted by Gasteiger charge is -2.36. The zero-order valence-corrected chi connectivity index (χ0v) is 9.81. The van der Waals surface area contributed by atoms with E-state index in [0.29, 0.717) is 12.1 Å². The molecule has 3 atom stereocenters. The van der Waals surface area contributed by atoms with Crippen LogP contribution < -0.4 is 5.32 Å². The van der Waals surface area contributed by atoms with E-state index in [1.807, 2.05) is 0 Å². The zero-order chi connectivity index (χ0) is 9.97. The molecule has 0 aromatic rings. The van der Waals surface area contributed by atoms with Gasteiger partial charge in [0.15, 0.2) is 0 Å². The summed E-state index contributed by atoms with van der Waals surface area (Å²) in [6.07, 6.45) is 6.86. The molecule has 1 heterocycles. The molecule has 0 aromatic carbocycles. The first-order valence-electron chi connectivity index (χ1n) is 5.87. The monoisotopic (exact) mass is 215 g/mol. The summed E-state index contributed by atoms with van der Waals surface area (Å²) >= 11 is 0. The molecule has 0 amide bonds. The Bertz CT molecular complexity index is 213. The van der Waals surface area contributed by atoms with Gasteiger partial charge in [-0.2, -0.15) is 0 Å². The van der Waals surface area contributed by atoms with Gasteiger partial charge in [-0.25, -0.2) is 0 Å². The van der Waals surface area contributed by atoms with Crippen molar-refractivity contribution in [1.82, 2.24) is 5.32 Å². The van der Waals surface area contributed by atoms with Gasteiger partial charge in [0.1, 0.15) is 0 Å². The predicted molar refractivity (Wildman–Crippen MR) is 60.8 cm³/mol. The fourth-order valence-electron chi connectivity index (χ4n) is 2.82. The minimum Gasteiger partial charge on any atom is -0.309 e. The molecular weight excluding hydrogens is 194 g/mol. The van der Waals surface area contributed by atoms with E-state index in [4.69, 9.17) is 0 Å². The van der Waals surface area contributed by atoms with Gasteiger partial charge in [0.2, 0.25) is 0 Å². The minimum atomic E-state index is -0.565. The van der Waals surface area contributed by atoms with Gasteiger partial charge >= 0.3 is 0 Å². The van der Waals surface area contributed by atoms with Crippen molar-refractivity contribution < 1.29 is 4.21 Å². The Kier molecular flexibility index (Phi) is 3.61. The van der Waals surface area contributed by atoms with Crippen LogP contribution in [0.5, 0.6) is 0 Å². The van der Waals surface area contributed by atoms with Crippen LogP contribution in [0.25, 0.3) is 0 Å². The summed E-state index contributed by atoms with van der Waals surface area (Å²) in [5, 5.41) is 3.62. The van der Waals surface area contributed by atoms with Crippen molar-refractivity contribution in [3.8, 4) is 0 Å². The second-order valence-electron chi connectivity index (χ2n) is 4.85. The second-order valence-corrected chi connectivity index (χ2v) is 6.39. The first kappa shape index (κ1) is 10.6. The number of hydrogen-bond acceptors (Lipinski definition) is 2. The van der Waals surface area contributed by atoms with Crippen LogP contribution in [0.15, 0.2) is 0 Å². The molecule has 2 fully saturated rings.